The van der Waals surface area contributed by atoms with Crippen LogP contribution >= 0.6 is 22.9 Å². The molecular formula is C21H20IN3O6. The predicted molar refractivity (Wildman–Crippen MR) is 121 cm³/mol. The first-order valence-corrected chi connectivity index (χ1v) is 10.2. The van der Waals surface area contributed by atoms with Crippen LogP contribution in [0.5, 0.6) is 11.5 Å². The molecule has 0 fully saturated rings. The topological polar surface area (TPSA) is 146 Å². The van der Waals surface area contributed by atoms with E-state index < -0.39 is 23.9 Å². The SMILES string of the molecule is NCC(=O)N(I)[C@@H](Cc1ccc(OC(=O)Cc2cc3cc(O)ccc3[nH]2)cc1)C(=O)O. The summed E-state index contributed by atoms with van der Waals surface area (Å²) in [5, 5.41) is 19.7. The van der Waals surface area contributed by atoms with E-state index in [0.29, 0.717) is 17.0 Å². The summed E-state index contributed by atoms with van der Waals surface area (Å²) < 4.78 is 6.42. The normalized spacial score (nSPS) is 11.8. The van der Waals surface area contributed by atoms with Crippen LogP contribution in [0.15, 0.2) is 48.5 Å². The number of aromatic amines is 1. The molecule has 10 heteroatoms. The lowest BCUT2D eigenvalue weighted by molar-refractivity contribution is -0.144. The highest BCUT2D eigenvalue weighted by atomic mass is 127. The molecule has 3 rings (SSSR count). The highest BCUT2D eigenvalue weighted by molar-refractivity contribution is 14.1. The van der Waals surface area contributed by atoms with Gasteiger partial charge in [-0.1, -0.05) is 12.1 Å². The fraction of sp³-hybridized carbons (Fsp3) is 0.190. The lowest BCUT2D eigenvalue weighted by Gasteiger charge is -2.22. The Morgan fingerprint density at radius 1 is 1.13 bits per heavy atom. The number of amides is 1. The first-order chi connectivity index (χ1) is 14.8. The van der Waals surface area contributed by atoms with E-state index in [1.807, 2.05) is 0 Å². The maximum Gasteiger partial charge on any atom is 0.327 e. The van der Waals surface area contributed by atoms with E-state index in [0.717, 1.165) is 14.0 Å². The van der Waals surface area contributed by atoms with E-state index in [9.17, 15) is 24.6 Å². The number of fused-ring (bicyclic) bond motifs is 1. The minimum atomic E-state index is -1.14. The van der Waals surface area contributed by atoms with Crippen LogP contribution in [0.25, 0.3) is 10.9 Å². The van der Waals surface area contributed by atoms with Gasteiger partial charge in [-0.05, 0) is 42.0 Å². The Hall–Kier alpha value is -3.12. The fourth-order valence-corrected chi connectivity index (χ4v) is 3.67. The number of esters is 1. The summed E-state index contributed by atoms with van der Waals surface area (Å²) >= 11 is 1.65. The predicted octanol–water partition coefficient (Wildman–Crippen LogP) is 2.15. The second-order valence-corrected chi connectivity index (χ2v) is 7.87. The fourth-order valence-electron chi connectivity index (χ4n) is 3.04. The molecule has 0 bridgehead atoms. The summed E-state index contributed by atoms with van der Waals surface area (Å²) in [6, 6.07) is 12.0. The number of carbonyl (C=O) groups is 3. The molecule has 3 aromatic rings. The number of carboxylic acids is 1. The van der Waals surface area contributed by atoms with Crippen LogP contribution in [0, 0.1) is 0 Å². The molecule has 2 aromatic carbocycles. The van der Waals surface area contributed by atoms with E-state index in [2.05, 4.69) is 4.98 Å². The van der Waals surface area contributed by atoms with Crippen molar-refractivity contribution < 1.29 is 29.3 Å². The average molecular weight is 537 g/mol. The van der Waals surface area contributed by atoms with Crippen molar-refractivity contribution in [1.29, 1.82) is 0 Å². The Morgan fingerprint density at radius 3 is 2.48 bits per heavy atom. The summed E-state index contributed by atoms with van der Waals surface area (Å²) in [7, 11) is 0. The van der Waals surface area contributed by atoms with Crippen molar-refractivity contribution in [3.8, 4) is 11.5 Å². The van der Waals surface area contributed by atoms with E-state index in [1.165, 1.54) is 0 Å². The summed E-state index contributed by atoms with van der Waals surface area (Å²) in [6.07, 6.45) is 0.101. The largest absolute Gasteiger partial charge is 0.508 e. The number of aromatic hydroxyl groups is 1. The molecule has 0 aliphatic carbocycles. The Labute approximate surface area is 191 Å². The highest BCUT2D eigenvalue weighted by Gasteiger charge is 2.27. The zero-order valence-electron chi connectivity index (χ0n) is 16.2. The number of carbonyl (C=O) groups excluding carboxylic acids is 2. The van der Waals surface area contributed by atoms with Gasteiger partial charge in [0.2, 0.25) is 5.91 Å². The van der Waals surface area contributed by atoms with Crippen molar-refractivity contribution in [2.24, 2.45) is 5.73 Å². The van der Waals surface area contributed by atoms with Crippen LogP contribution in [0.3, 0.4) is 0 Å². The number of nitrogens with zero attached hydrogens (tertiary/aromatic N) is 1. The third kappa shape index (κ3) is 5.73. The number of benzene rings is 2. The van der Waals surface area contributed by atoms with Crippen molar-refractivity contribution >= 4 is 51.6 Å². The van der Waals surface area contributed by atoms with Gasteiger partial charge in [-0.25, -0.2) is 4.79 Å². The maximum atomic E-state index is 12.2. The Balaban J connectivity index is 1.61. The molecule has 0 aliphatic heterocycles. The number of halogens is 1. The number of phenols is 1. The summed E-state index contributed by atoms with van der Waals surface area (Å²) in [5.41, 5.74) is 7.42. The Bertz CT molecular complexity index is 1110. The molecule has 1 amide bonds. The van der Waals surface area contributed by atoms with Crippen molar-refractivity contribution in [2.75, 3.05) is 6.54 Å². The number of aromatic nitrogens is 1. The zero-order valence-corrected chi connectivity index (χ0v) is 18.4. The molecule has 0 saturated carbocycles. The number of hydrogen-bond donors (Lipinski definition) is 4. The monoisotopic (exact) mass is 537 g/mol. The Morgan fingerprint density at radius 2 is 1.84 bits per heavy atom. The minimum absolute atomic E-state index is 0.0171. The summed E-state index contributed by atoms with van der Waals surface area (Å²) in [5.74, 6) is -1.63. The van der Waals surface area contributed by atoms with Crippen LogP contribution in [-0.2, 0) is 27.2 Å². The second-order valence-electron chi connectivity index (χ2n) is 6.83. The number of hydrogen-bond acceptors (Lipinski definition) is 6. The van der Waals surface area contributed by atoms with Crippen LogP contribution < -0.4 is 10.5 Å². The van der Waals surface area contributed by atoms with Gasteiger partial charge in [0.05, 0.1) is 35.8 Å². The van der Waals surface area contributed by atoms with E-state index in [1.54, 1.807) is 71.4 Å². The molecule has 0 unspecified atom stereocenters. The highest BCUT2D eigenvalue weighted by Crippen LogP contribution is 2.22. The van der Waals surface area contributed by atoms with E-state index >= 15 is 0 Å². The number of H-pyrrole nitrogens is 1. The summed E-state index contributed by atoms with van der Waals surface area (Å²) in [4.78, 5) is 38.6. The van der Waals surface area contributed by atoms with Gasteiger partial charge in [0.1, 0.15) is 17.5 Å². The molecule has 0 saturated heterocycles. The summed E-state index contributed by atoms with van der Waals surface area (Å²) in [6.45, 7) is -0.279. The van der Waals surface area contributed by atoms with Gasteiger partial charge in [0.25, 0.3) is 0 Å². The molecule has 1 heterocycles. The van der Waals surface area contributed by atoms with Crippen LogP contribution in [0.1, 0.15) is 11.3 Å². The van der Waals surface area contributed by atoms with Gasteiger partial charge in [-0.2, -0.15) is 0 Å². The number of rotatable bonds is 8. The molecule has 1 aromatic heterocycles. The van der Waals surface area contributed by atoms with Gasteiger partial charge >= 0.3 is 11.9 Å². The minimum Gasteiger partial charge on any atom is -0.508 e. The smallest absolute Gasteiger partial charge is 0.327 e. The third-order valence-electron chi connectivity index (χ3n) is 4.55. The molecule has 5 N–H and O–H groups in total. The second kappa shape index (κ2) is 9.79. The van der Waals surface area contributed by atoms with Crippen molar-refractivity contribution in [2.45, 2.75) is 18.9 Å². The molecule has 0 aliphatic rings. The van der Waals surface area contributed by atoms with Crippen LogP contribution in [-0.4, -0.2) is 48.7 Å². The quantitative estimate of drug-likeness (QED) is 0.149. The molecular weight excluding hydrogens is 517 g/mol. The van der Waals surface area contributed by atoms with Gasteiger partial charge < -0.3 is 25.7 Å². The number of nitrogens with one attached hydrogen (secondary N) is 1. The number of carboxylic acid groups (broad SMARTS) is 1. The van der Waals surface area contributed by atoms with E-state index in [-0.39, 0.29) is 25.1 Å². The van der Waals surface area contributed by atoms with Crippen molar-refractivity contribution in [3.63, 3.8) is 0 Å². The maximum absolute atomic E-state index is 12.2. The van der Waals surface area contributed by atoms with Gasteiger partial charge in [-0.15, -0.1) is 0 Å². The third-order valence-corrected chi connectivity index (χ3v) is 5.76. The molecule has 9 nitrogen and oxygen atoms in total. The van der Waals surface area contributed by atoms with Gasteiger partial charge in [0.15, 0.2) is 0 Å². The molecule has 0 spiro atoms. The Kier molecular flexibility index (Phi) is 7.13. The molecule has 1 atom stereocenters. The lowest BCUT2D eigenvalue weighted by atomic mass is 10.1. The van der Waals surface area contributed by atoms with E-state index in [4.69, 9.17) is 10.5 Å². The standard InChI is InChI=1S/C21H20IN3O6/c22-25(19(27)11-23)18(21(29)30)7-12-1-4-16(5-2-12)31-20(28)10-14-8-13-9-15(26)3-6-17(13)24-14/h1-6,8-9,18,24,26H,7,10-11,23H2,(H,29,30)/t18-/m0/s1. The van der Waals surface area contributed by atoms with Crippen LogP contribution in [0.2, 0.25) is 0 Å². The first-order valence-electron chi connectivity index (χ1n) is 9.27. The van der Waals surface area contributed by atoms with Gasteiger partial charge in [-0.3, -0.25) is 12.7 Å². The van der Waals surface area contributed by atoms with Crippen molar-refractivity contribution in [1.82, 2.24) is 8.10 Å². The van der Waals surface area contributed by atoms with Crippen molar-refractivity contribution in [3.05, 3.63) is 59.8 Å². The number of ether oxygens (including phenoxy) is 1. The van der Waals surface area contributed by atoms with Gasteiger partial charge in [0, 0.05) is 23.0 Å². The average Bonchev–Trinajstić information content (AvgIpc) is 3.12. The first kappa shape index (κ1) is 22.6. The zero-order chi connectivity index (χ0) is 22.5. The lowest BCUT2D eigenvalue weighted by Crippen LogP contribution is -2.42. The molecule has 0 radical (unpaired) electrons. The number of aliphatic carboxylic acids is 1. The van der Waals surface area contributed by atoms with Crippen LogP contribution in [0.4, 0.5) is 0 Å². The number of phenolic OH excluding ortho intramolecular Hbond substituents is 1. The number of nitrogens with two attached hydrogens (primary N) is 1. The molecule has 31 heavy (non-hydrogen) atoms. The molecule has 162 valence electrons.